The Hall–Kier alpha value is -2.17. The Balaban J connectivity index is 1.38. The zero-order valence-electron chi connectivity index (χ0n) is 15.5. The smallest absolute Gasteiger partial charge is 0.318 e. The third kappa shape index (κ3) is 3.27. The van der Waals surface area contributed by atoms with Gasteiger partial charge in [0.25, 0.3) is 0 Å². The molecule has 0 aliphatic heterocycles. The number of carbonyl (C=O) groups is 2. The van der Waals surface area contributed by atoms with Crippen LogP contribution in [0.4, 0.5) is 5.69 Å². The molecule has 26 heavy (non-hydrogen) atoms. The van der Waals surface area contributed by atoms with Gasteiger partial charge >= 0.3 is 11.8 Å². The summed E-state index contributed by atoms with van der Waals surface area (Å²) in [5, 5.41) is 6.95. The molecule has 1 aromatic carbocycles. The van der Waals surface area contributed by atoms with Crippen LogP contribution in [0, 0.1) is 30.1 Å². The fourth-order valence-electron chi connectivity index (χ4n) is 5.68. The number of benzene rings is 1. The van der Waals surface area contributed by atoms with Gasteiger partial charge in [0.1, 0.15) is 0 Å². The average Bonchev–Trinajstić information content (AvgIpc) is 2.60. The summed E-state index contributed by atoms with van der Waals surface area (Å²) in [6.45, 7) is 3.99. The molecule has 2 amide bonds. The van der Waals surface area contributed by atoms with E-state index >= 15 is 0 Å². The summed E-state index contributed by atoms with van der Waals surface area (Å²) >= 11 is 0. The highest BCUT2D eigenvalue weighted by molar-refractivity contribution is 6.39. The van der Waals surface area contributed by atoms with Crippen molar-refractivity contribution in [3.05, 3.63) is 29.8 Å². The van der Waals surface area contributed by atoms with Crippen molar-refractivity contribution in [1.82, 2.24) is 5.43 Å². The van der Waals surface area contributed by atoms with Crippen molar-refractivity contribution >= 4 is 23.2 Å². The van der Waals surface area contributed by atoms with Crippen LogP contribution in [-0.2, 0) is 9.59 Å². The van der Waals surface area contributed by atoms with Gasteiger partial charge in [0.2, 0.25) is 0 Å². The van der Waals surface area contributed by atoms with E-state index in [2.05, 4.69) is 15.8 Å². The summed E-state index contributed by atoms with van der Waals surface area (Å²) in [7, 11) is 0. The number of hydrogen-bond donors (Lipinski definition) is 2. The third-order valence-electron chi connectivity index (χ3n) is 6.65. The lowest BCUT2D eigenvalue weighted by Gasteiger charge is -2.56. The first-order valence-corrected chi connectivity index (χ1v) is 9.66. The first-order chi connectivity index (χ1) is 12.4. The molecule has 0 radical (unpaired) electrons. The highest BCUT2D eigenvalue weighted by Gasteiger charge is 2.52. The molecule has 5 rings (SSSR count). The summed E-state index contributed by atoms with van der Waals surface area (Å²) in [5.74, 6) is 1.08. The van der Waals surface area contributed by atoms with Crippen LogP contribution in [0.5, 0.6) is 0 Å². The monoisotopic (exact) mass is 353 g/mol. The fourth-order valence-corrected chi connectivity index (χ4v) is 5.68. The van der Waals surface area contributed by atoms with Gasteiger partial charge in [-0.3, -0.25) is 9.59 Å². The van der Waals surface area contributed by atoms with Gasteiger partial charge in [0.15, 0.2) is 0 Å². The van der Waals surface area contributed by atoms with Crippen molar-refractivity contribution in [2.24, 2.45) is 28.3 Å². The van der Waals surface area contributed by atoms with Gasteiger partial charge in [-0.15, -0.1) is 0 Å². The molecule has 0 atom stereocenters. The lowest BCUT2D eigenvalue weighted by molar-refractivity contribution is -0.136. The maximum absolute atomic E-state index is 12.1. The summed E-state index contributed by atoms with van der Waals surface area (Å²) in [6.07, 6.45) is 7.70. The van der Waals surface area contributed by atoms with Gasteiger partial charge in [-0.05, 0) is 82.3 Å². The minimum Gasteiger partial charge on any atom is -0.318 e. The largest absolute Gasteiger partial charge is 0.329 e. The van der Waals surface area contributed by atoms with E-state index in [9.17, 15) is 9.59 Å². The van der Waals surface area contributed by atoms with E-state index in [0.717, 1.165) is 29.0 Å². The van der Waals surface area contributed by atoms with Gasteiger partial charge in [0.05, 0.1) is 0 Å². The highest BCUT2D eigenvalue weighted by atomic mass is 16.2. The molecule has 138 valence electrons. The van der Waals surface area contributed by atoms with Crippen molar-refractivity contribution in [2.75, 3.05) is 5.32 Å². The van der Waals surface area contributed by atoms with Crippen LogP contribution in [0.3, 0.4) is 0 Å². The second-order valence-corrected chi connectivity index (χ2v) is 8.66. The molecule has 4 aliphatic carbocycles. The molecule has 4 fully saturated rings. The average molecular weight is 353 g/mol. The zero-order chi connectivity index (χ0) is 18.3. The Morgan fingerprint density at radius 3 is 2.04 bits per heavy atom. The number of nitrogens with one attached hydrogen (secondary N) is 2. The molecule has 5 nitrogen and oxygen atoms in total. The molecule has 2 N–H and O–H groups in total. The van der Waals surface area contributed by atoms with Gasteiger partial charge in [-0.2, -0.15) is 5.10 Å². The Labute approximate surface area is 154 Å². The molecular formula is C21H27N3O2. The van der Waals surface area contributed by atoms with Crippen LogP contribution >= 0.6 is 0 Å². The first kappa shape index (κ1) is 17.3. The minimum absolute atomic E-state index is 0.148. The Kier molecular flexibility index (Phi) is 4.33. The number of aryl methyl sites for hydroxylation is 1. The second kappa shape index (κ2) is 6.53. The van der Waals surface area contributed by atoms with Crippen molar-refractivity contribution in [1.29, 1.82) is 0 Å². The van der Waals surface area contributed by atoms with E-state index in [1.54, 1.807) is 12.1 Å². The molecular weight excluding hydrogens is 326 g/mol. The Morgan fingerprint density at radius 2 is 1.50 bits per heavy atom. The predicted octanol–water partition coefficient (Wildman–Crippen LogP) is 3.64. The zero-order valence-corrected chi connectivity index (χ0v) is 15.5. The number of nitrogens with zero attached hydrogens (tertiary/aromatic N) is 1. The third-order valence-corrected chi connectivity index (χ3v) is 6.65. The van der Waals surface area contributed by atoms with Gasteiger partial charge in [-0.25, -0.2) is 5.43 Å². The molecule has 0 saturated heterocycles. The molecule has 0 heterocycles. The molecule has 0 unspecified atom stereocenters. The van der Waals surface area contributed by atoms with E-state index in [0.29, 0.717) is 5.69 Å². The number of anilines is 1. The summed E-state index contributed by atoms with van der Waals surface area (Å²) < 4.78 is 0. The number of hydrazone groups is 1. The minimum atomic E-state index is -0.713. The van der Waals surface area contributed by atoms with E-state index < -0.39 is 11.8 Å². The predicted molar refractivity (Wildman–Crippen MR) is 102 cm³/mol. The molecule has 4 bridgehead atoms. The summed E-state index contributed by atoms with van der Waals surface area (Å²) in [4.78, 5) is 24.2. The Bertz CT molecular complexity index is 716. The quantitative estimate of drug-likeness (QED) is 0.495. The van der Waals surface area contributed by atoms with Gasteiger partial charge in [0, 0.05) is 16.8 Å². The van der Waals surface area contributed by atoms with Crippen molar-refractivity contribution in [2.45, 2.75) is 52.4 Å². The van der Waals surface area contributed by atoms with Crippen LogP contribution in [0.1, 0.15) is 51.0 Å². The maximum Gasteiger partial charge on any atom is 0.329 e. The molecule has 5 heteroatoms. The molecule has 0 spiro atoms. The van der Waals surface area contributed by atoms with Gasteiger partial charge < -0.3 is 5.32 Å². The molecule has 0 aromatic heterocycles. The second-order valence-electron chi connectivity index (χ2n) is 8.66. The van der Waals surface area contributed by atoms with Gasteiger partial charge in [-0.1, -0.05) is 17.7 Å². The van der Waals surface area contributed by atoms with Crippen LogP contribution in [0.25, 0.3) is 0 Å². The number of rotatable bonds is 3. The van der Waals surface area contributed by atoms with Crippen molar-refractivity contribution in [3.8, 4) is 0 Å². The lowest BCUT2D eigenvalue weighted by Crippen LogP contribution is -2.50. The normalized spacial score (nSPS) is 32.4. The standard InChI is InChI=1S/C21H27N3O2/c1-13-3-5-18(6-4-13)22-19(25)20(26)24-23-14(2)21-10-15-7-16(11-21)9-17(8-15)12-21/h3-6,15-17H,7-12H2,1-2H3,(H,22,25)(H,24,26)/b23-14-. The first-order valence-electron chi connectivity index (χ1n) is 9.66. The van der Waals surface area contributed by atoms with E-state index in [-0.39, 0.29) is 5.41 Å². The van der Waals surface area contributed by atoms with Crippen molar-refractivity contribution < 1.29 is 9.59 Å². The SMILES string of the molecule is C/C(=N/NC(=O)C(=O)Nc1ccc(C)cc1)C12CC3CC(CC(C3)C1)C2. The molecule has 4 saturated carbocycles. The maximum atomic E-state index is 12.1. The molecule has 4 aliphatic rings. The van der Waals surface area contributed by atoms with Crippen LogP contribution in [-0.4, -0.2) is 17.5 Å². The Morgan fingerprint density at radius 1 is 0.962 bits per heavy atom. The number of amides is 2. The van der Waals surface area contributed by atoms with E-state index in [1.165, 1.54) is 38.5 Å². The molecule has 1 aromatic rings. The van der Waals surface area contributed by atoms with Crippen LogP contribution in [0.2, 0.25) is 0 Å². The fraction of sp³-hybridized carbons (Fsp3) is 0.571. The summed E-state index contributed by atoms with van der Waals surface area (Å²) in [6, 6.07) is 7.35. The number of carbonyl (C=O) groups excluding carboxylic acids is 2. The van der Waals surface area contributed by atoms with E-state index in [4.69, 9.17) is 0 Å². The van der Waals surface area contributed by atoms with Crippen LogP contribution < -0.4 is 10.7 Å². The lowest BCUT2D eigenvalue weighted by atomic mass is 9.48. The van der Waals surface area contributed by atoms with E-state index in [1.807, 2.05) is 26.0 Å². The topological polar surface area (TPSA) is 70.6 Å². The van der Waals surface area contributed by atoms with Crippen LogP contribution in [0.15, 0.2) is 29.4 Å². The van der Waals surface area contributed by atoms with Crippen molar-refractivity contribution in [3.63, 3.8) is 0 Å². The summed E-state index contributed by atoms with van der Waals surface area (Å²) in [5.41, 5.74) is 5.33. The highest BCUT2D eigenvalue weighted by Crippen LogP contribution is 2.60. The number of hydrogen-bond acceptors (Lipinski definition) is 3.